The van der Waals surface area contributed by atoms with Crippen molar-refractivity contribution in [1.29, 1.82) is 0 Å². The molecule has 0 saturated carbocycles. The van der Waals surface area contributed by atoms with Gasteiger partial charge in [-0.15, -0.1) is 0 Å². The number of nitrogens with zero attached hydrogens (tertiary/aromatic N) is 1. The van der Waals surface area contributed by atoms with Crippen LogP contribution < -0.4 is 19.5 Å². The summed E-state index contributed by atoms with van der Waals surface area (Å²) in [5, 5.41) is 2.91. The van der Waals surface area contributed by atoms with Crippen LogP contribution in [0.15, 0.2) is 42.5 Å². The van der Waals surface area contributed by atoms with E-state index in [1.165, 1.54) is 0 Å². The van der Waals surface area contributed by atoms with E-state index >= 15 is 0 Å². The van der Waals surface area contributed by atoms with Gasteiger partial charge in [-0.25, -0.2) is 0 Å². The molecular weight excluding hydrogens is 408 g/mol. The van der Waals surface area contributed by atoms with Crippen LogP contribution in [0.4, 0.5) is 0 Å². The fraction of sp³-hybridized carbons (Fsp3) is 0.440. The number of methoxy groups -OCH3 is 1. The fourth-order valence-electron chi connectivity index (χ4n) is 3.55. The van der Waals surface area contributed by atoms with Crippen molar-refractivity contribution in [2.24, 2.45) is 0 Å². The molecule has 0 fully saturated rings. The maximum Gasteiger partial charge on any atom is 0.242 e. The third kappa shape index (κ3) is 6.15. The molecule has 172 valence electrons. The number of carbonyl (C=O) groups is 2. The van der Waals surface area contributed by atoms with Gasteiger partial charge in [-0.1, -0.05) is 18.2 Å². The molecule has 0 bridgehead atoms. The Morgan fingerprint density at radius 3 is 2.31 bits per heavy atom. The lowest BCUT2D eigenvalue weighted by molar-refractivity contribution is -0.140. The highest BCUT2D eigenvalue weighted by Crippen LogP contribution is 2.31. The van der Waals surface area contributed by atoms with Crippen molar-refractivity contribution in [3.8, 4) is 17.2 Å². The molecule has 0 radical (unpaired) electrons. The fourth-order valence-corrected chi connectivity index (χ4v) is 3.55. The van der Waals surface area contributed by atoms with Gasteiger partial charge in [0.2, 0.25) is 11.8 Å². The van der Waals surface area contributed by atoms with Gasteiger partial charge in [-0.05, 0) is 62.6 Å². The van der Waals surface area contributed by atoms with E-state index in [1.54, 1.807) is 18.9 Å². The average Bonchev–Trinajstić information content (AvgIpc) is 2.80. The maximum atomic E-state index is 13.2. The second kappa shape index (κ2) is 10.9. The lowest BCUT2D eigenvalue weighted by Crippen LogP contribution is -2.49. The van der Waals surface area contributed by atoms with E-state index in [1.807, 2.05) is 56.3 Å². The molecule has 0 unspecified atom stereocenters. The van der Waals surface area contributed by atoms with E-state index < -0.39 is 6.04 Å². The van der Waals surface area contributed by atoms with E-state index in [4.69, 9.17) is 14.2 Å². The number of amides is 2. The van der Waals surface area contributed by atoms with Crippen LogP contribution in [0.25, 0.3) is 0 Å². The number of rotatable bonds is 9. The zero-order valence-electron chi connectivity index (χ0n) is 19.2. The van der Waals surface area contributed by atoms with Crippen LogP contribution in [0.1, 0.15) is 38.3 Å². The second-order valence-electron chi connectivity index (χ2n) is 8.19. The highest BCUT2D eigenvalue weighted by molar-refractivity contribution is 5.87. The molecule has 7 nitrogen and oxygen atoms in total. The van der Waals surface area contributed by atoms with Gasteiger partial charge >= 0.3 is 0 Å². The van der Waals surface area contributed by atoms with Crippen LogP contribution in [0.5, 0.6) is 17.2 Å². The van der Waals surface area contributed by atoms with Crippen LogP contribution >= 0.6 is 0 Å². The minimum absolute atomic E-state index is 0.000558. The zero-order valence-corrected chi connectivity index (χ0v) is 19.2. The lowest BCUT2D eigenvalue weighted by atomic mass is 10.1. The van der Waals surface area contributed by atoms with E-state index in [9.17, 15) is 9.59 Å². The standard InChI is InChI=1S/C25H32N2O5/c1-17(2)26-25(29)18(3)27(16-20-5-9-21(30-4)10-6-20)24(28)12-8-19-7-11-22-23(15-19)32-14-13-31-22/h5-7,9-11,15,17-18H,8,12-14,16H2,1-4H3,(H,26,29)/t18-/m0/s1. The predicted octanol–water partition coefficient (Wildman–Crippen LogP) is 3.34. The normalized spacial score (nSPS) is 13.4. The summed E-state index contributed by atoms with van der Waals surface area (Å²) >= 11 is 0. The number of benzene rings is 2. The third-order valence-corrected chi connectivity index (χ3v) is 5.34. The quantitative estimate of drug-likeness (QED) is 0.647. The van der Waals surface area contributed by atoms with Crippen LogP contribution in [0, 0.1) is 0 Å². The minimum atomic E-state index is -0.590. The monoisotopic (exact) mass is 440 g/mol. The molecule has 2 aromatic rings. The summed E-state index contributed by atoms with van der Waals surface area (Å²) in [5.41, 5.74) is 1.92. The number of hydrogen-bond donors (Lipinski definition) is 1. The number of ether oxygens (including phenoxy) is 3. The summed E-state index contributed by atoms with van der Waals surface area (Å²) < 4.78 is 16.4. The molecule has 1 N–H and O–H groups in total. The van der Waals surface area contributed by atoms with Gasteiger partial charge in [0.15, 0.2) is 11.5 Å². The van der Waals surface area contributed by atoms with Crippen LogP contribution in [0.2, 0.25) is 0 Å². The molecule has 0 aromatic heterocycles. The van der Waals surface area contributed by atoms with Gasteiger partial charge in [0.1, 0.15) is 25.0 Å². The summed E-state index contributed by atoms with van der Waals surface area (Å²) in [6.07, 6.45) is 0.836. The molecule has 0 spiro atoms. The van der Waals surface area contributed by atoms with E-state index in [0.29, 0.717) is 31.9 Å². The number of carbonyl (C=O) groups excluding carboxylic acids is 2. The highest BCUT2D eigenvalue weighted by atomic mass is 16.6. The largest absolute Gasteiger partial charge is 0.497 e. The summed E-state index contributed by atoms with van der Waals surface area (Å²) in [6.45, 7) is 6.99. The first-order chi connectivity index (χ1) is 15.4. The number of fused-ring (bicyclic) bond motifs is 1. The molecule has 1 aliphatic rings. The maximum absolute atomic E-state index is 13.2. The Bertz CT molecular complexity index is 926. The first-order valence-electron chi connectivity index (χ1n) is 11.0. The Morgan fingerprint density at radius 2 is 1.66 bits per heavy atom. The Hall–Kier alpha value is -3.22. The van der Waals surface area contributed by atoms with Gasteiger partial charge in [-0.3, -0.25) is 9.59 Å². The number of nitrogens with one attached hydrogen (secondary N) is 1. The van der Waals surface area contributed by atoms with Crippen molar-refractivity contribution >= 4 is 11.8 Å². The summed E-state index contributed by atoms with van der Waals surface area (Å²) in [5.74, 6) is 1.94. The lowest BCUT2D eigenvalue weighted by Gasteiger charge is -2.29. The van der Waals surface area contributed by atoms with Crippen molar-refractivity contribution in [3.63, 3.8) is 0 Å². The van der Waals surface area contributed by atoms with Gasteiger partial charge < -0.3 is 24.4 Å². The second-order valence-corrected chi connectivity index (χ2v) is 8.19. The summed E-state index contributed by atoms with van der Waals surface area (Å²) in [6, 6.07) is 12.7. The van der Waals surface area contributed by atoms with Gasteiger partial charge in [0, 0.05) is 19.0 Å². The molecule has 3 rings (SSSR count). The molecule has 7 heteroatoms. The average molecular weight is 441 g/mol. The van der Waals surface area contributed by atoms with Gasteiger partial charge in [0.05, 0.1) is 7.11 Å². The topological polar surface area (TPSA) is 77.1 Å². The highest BCUT2D eigenvalue weighted by Gasteiger charge is 2.26. The van der Waals surface area contributed by atoms with Crippen molar-refractivity contribution in [2.75, 3.05) is 20.3 Å². The van der Waals surface area contributed by atoms with Crippen molar-refractivity contribution in [1.82, 2.24) is 10.2 Å². The molecule has 2 amide bonds. The first-order valence-corrected chi connectivity index (χ1v) is 11.0. The molecule has 32 heavy (non-hydrogen) atoms. The van der Waals surface area contributed by atoms with Crippen LogP contribution in [-0.2, 0) is 22.6 Å². The summed E-state index contributed by atoms with van der Waals surface area (Å²) in [7, 11) is 1.61. The third-order valence-electron chi connectivity index (χ3n) is 5.34. The van der Waals surface area contributed by atoms with E-state index in [-0.39, 0.29) is 24.3 Å². The summed E-state index contributed by atoms with van der Waals surface area (Å²) in [4.78, 5) is 27.5. The Labute approximate surface area is 189 Å². The SMILES string of the molecule is COc1ccc(CN(C(=O)CCc2ccc3c(c2)OCCO3)[C@@H](C)C(=O)NC(C)C)cc1. The Kier molecular flexibility index (Phi) is 7.98. The molecule has 2 aromatic carbocycles. The molecule has 0 saturated heterocycles. The number of hydrogen-bond acceptors (Lipinski definition) is 5. The van der Waals surface area contributed by atoms with Crippen LogP contribution in [-0.4, -0.2) is 49.1 Å². The van der Waals surface area contributed by atoms with Crippen LogP contribution in [0.3, 0.4) is 0 Å². The molecule has 1 atom stereocenters. The molecule has 1 heterocycles. The zero-order chi connectivity index (χ0) is 23.1. The van der Waals surface area contributed by atoms with Gasteiger partial charge in [0.25, 0.3) is 0 Å². The predicted molar refractivity (Wildman–Crippen MR) is 122 cm³/mol. The van der Waals surface area contributed by atoms with Crippen molar-refractivity contribution < 1.29 is 23.8 Å². The van der Waals surface area contributed by atoms with Crippen molar-refractivity contribution in [2.45, 2.75) is 52.2 Å². The molecule has 0 aliphatic carbocycles. The number of aryl methyl sites for hydroxylation is 1. The molecular formula is C25H32N2O5. The smallest absolute Gasteiger partial charge is 0.242 e. The van der Waals surface area contributed by atoms with Gasteiger partial charge in [-0.2, -0.15) is 0 Å². The Balaban J connectivity index is 1.71. The minimum Gasteiger partial charge on any atom is -0.497 e. The Morgan fingerprint density at radius 1 is 1.00 bits per heavy atom. The molecule has 1 aliphatic heterocycles. The van der Waals surface area contributed by atoms with E-state index in [0.717, 1.165) is 22.6 Å². The first kappa shape index (κ1) is 23.4. The van der Waals surface area contributed by atoms with Crippen molar-refractivity contribution in [3.05, 3.63) is 53.6 Å². The van der Waals surface area contributed by atoms with E-state index in [2.05, 4.69) is 5.32 Å².